The van der Waals surface area contributed by atoms with Gasteiger partial charge in [0.2, 0.25) is 0 Å². The van der Waals surface area contributed by atoms with Crippen LogP contribution >= 0.6 is 0 Å². The van der Waals surface area contributed by atoms with Crippen molar-refractivity contribution in [3.63, 3.8) is 0 Å². The fraction of sp³-hybridized carbons (Fsp3) is 0.467. The minimum absolute atomic E-state index is 0. The number of Topliss-reactive ketones (excluding diaryl/α,β-unsaturated/α-hetero) is 1. The molecular formula is C45H52MgN4O6-2. The van der Waals surface area contributed by atoms with Gasteiger partial charge in [0.05, 0.1) is 13.7 Å². The second-order valence-electron chi connectivity index (χ2n) is 15.7. The Bertz CT molecular complexity index is 2230. The molecule has 0 saturated carbocycles. The molecule has 3 aromatic heterocycles. The van der Waals surface area contributed by atoms with Gasteiger partial charge in [-0.25, -0.2) is 0 Å². The number of hydrogen-bond donors (Lipinski definition) is 0. The number of aromatic nitrogens is 3. The van der Waals surface area contributed by atoms with Crippen molar-refractivity contribution in [2.24, 2.45) is 29.6 Å². The van der Waals surface area contributed by atoms with Crippen molar-refractivity contribution in [2.45, 2.75) is 93.4 Å². The molecule has 292 valence electrons. The summed E-state index contributed by atoms with van der Waals surface area (Å²) in [7, 11) is 1.27. The van der Waals surface area contributed by atoms with Crippen LogP contribution in [0.25, 0.3) is 35.2 Å². The van der Waals surface area contributed by atoms with Gasteiger partial charge < -0.3 is 29.7 Å². The topological polar surface area (TPSA) is 143 Å². The Hall–Kier alpha value is -4.35. The molecule has 0 radical (unpaired) electrons. The van der Waals surface area contributed by atoms with Gasteiger partial charge >= 0.3 is 35.0 Å². The Morgan fingerprint density at radius 2 is 1.66 bits per heavy atom. The molecule has 1 aliphatic carbocycles. The molecule has 5 heterocycles. The van der Waals surface area contributed by atoms with Gasteiger partial charge in [-0.1, -0.05) is 107 Å². The largest absolute Gasteiger partial charge is 2.00 e. The first-order valence-electron chi connectivity index (χ1n) is 19.6. The third-order valence-corrected chi connectivity index (χ3v) is 11.6. The first-order chi connectivity index (χ1) is 26.3. The van der Waals surface area contributed by atoms with E-state index in [0.29, 0.717) is 98.4 Å². The van der Waals surface area contributed by atoms with Gasteiger partial charge in [0.1, 0.15) is 12.2 Å². The van der Waals surface area contributed by atoms with Gasteiger partial charge in [0.25, 0.3) is 0 Å². The van der Waals surface area contributed by atoms with Crippen LogP contribution in [0.2, 0.25) is 0 Å². The zero-order valence-electron chi connectivity index (χ0n) is 34.1. The Labute approximate surface area is 345 Å². The number of hydrogen-bond acceptors (Lipinski definition) is 6. The maximum absolute atomic E-state index is 14.3. The molecule has 0 amide bonds. The summed E-state index contributed by atoms with van der Waals surface area (Å²) >= 11 is 0. The molecule has 0 spiro atoms. The molecule has 3 aliphatic rings. The summed E-state index contributed by atoms with van der Waals surface area (Å²) in [6, 6.07) is 0. The van der Waals surface area contributed by atoms with Gasteiger partial charge in [-0.2, -0.15) is 11.4 Å². The third-order valence-electron chi connectivity index (χ3n) is 11.6. The van der Waals surface area contributed by atoms with E-state index >= 15 is 0 Å². The van der Waals surface area contributed by atoms with E-state index in [4.69, 9.17) is 29.7 Å². The van der Waals surface area contributed by atoms with E-state index in [1.54, 1.807) is 19.1 Å². The van der Waals surface area contributed by atoms with Crippen molar-refractivity contribution in [2.75, 3.05) is 13.7 Å². The first-order valence-corrected chi connectivity index (χ1v) is 19.6. The summed E-state index contributed by atoms with van der Waals surface area (Å²) in [5.74, 6) is -2.05. The molecule has 56 heavy (non-hydrogen) atoms. The van der Waals surface area contributed by atoms with Crippen molar-refractivity contribution >= 4 is 76.9 Å². The third kappa shape index (κ3) is 8.07. The summed E-state index contributed by atoms with van der Waals surface area (Å²) in [5.41, 5.74) is 7.69. The Kier molecular flexibility index (Phi) is 13.6. The van der Waals surface area contributed by atoms with Gasteiger partial charge in [-0.3, -0.25) is 19.2 Å². The molecule has 11 heteroatoms. The van der Waals surface area contributed by atoms with Gasteiger partial charge in [-0.15, -0.1) is 33.5 Å². The van der Waals surface area contributed by atoms with Crippen LogP contribution in [0.1, 0.15) is 139 Å². The number of carbonyl (C=O) groups is 4. The Morgan fingerprint density at radius 1 is 0.946 bits per heavy atom. The van der Waals surface area contributed by atoms with Crippen LogP contribution in [0, 0.1) is 43.4 Å². The average molecular weight is 769 g/mol. The second-order valence-corrected chi connectivity index (χ2v) is 15.7. The smallest absolute Gasteiger partial charge is 0.664 e. The van der Waals surface area contributed by atoms with Crippen LogP contribution in [0.5, 0.6) is 0 Å². The van der Waals surface area contributed by atoms with E-state index in [2.05, 4.69) is 27.4 Å². The second kappa shape index (κ2) is 17.8. The quantitative estimate of drug-likeness (QED) is 0.0795. The molecule has 4 atom stereocenters. The summed E-state index contributed by atoms with van der Waals surface area (Å²) in [4.78, 5) is 68.3. The number of rotatable bonds is 14. The zero-order valence-corrected chi connectivity index (χ0v) is 35.5. The van der Waals surface area contributed by atoms with Crippen LogP contribution in [0.3, 0.4) is 0 Å². The van der Waals surface area contributed by atoms with Crippen LogP contribution in [-0.4, -0.2) is 60.8 Å². The van der Waals surface area contributed by atoms with Crippen molar-refractivity contribution in [1.29, 1.82) is 0 Å². The Morgan fingerprint density at radius 3 is 2.32 bits per heavy atom. The predicted molar refractivity (Wildman–Crippen MR) is 219 cm³/mol. The molecule has 6 rings (SSSR count). The SMILES string of the molecule is C=Cc1c2[n-]c(c1C)/C=C1\[N-]/C(=C3\c4[n-]c(c(C)c4C(=O)[C@@H]3C(=O)OC)/C=c3\[n-]/c(c(C=O)c3CC)=C\2)[C@@H](CCC(=O)OCC[C@@H](C)CCCC(C)C)[C@@H]1C.[Mg+2]. The molecule has 0 unspecified atom stereocenters. The maximum Gasteiger partial charge on any atom is 2.00 e. The van der Waals surface area contributed by atoms with Crippen LogP contribution in [-0.2, 0) is 25.5 Å². The van der Waals surface area contributed by atoms with E-state index < -0.39 is 17.7 Å². The van der Waals surface area contributed by atoms with Crippen LogP contribution in [0.4, 0.5) is 0 Å². The van der Waals surface area contributed by atoms with E-state index in [9.17, 15) is 19.2 Å². The minimum Gasteiger partial charge on any atom is -0.664 e. The van der Waals surface area contributed by atoms with Gasteiger partial charge in [-0.05, 0) is 62.3 Å². The average Bonchev–Trinajstić information content (AvgIpc) is 3.90. The van der Waals surface area contributed by atoms with Gasteiger partial charge in [0, 0.05) is 17.5 Å². The molecule has 10 nitrogen and oxygen atoms in total. The van der Waals surface area contributed by atoms with E-state index in [1.807, 2.05) is 32.9 Å². The standard InChI is InChI=1S/C45H53N4O6.Mg/c1-10-28-25(6)32-19-33-26(7)30(15-16-38(51)55-18-17-24(5)14-12-13-23(3)4)42(48-33)40-41(45(53)54-9)44(52)39-27(8)34(49-43(39)40)20-36-29(11-2)31(22-50)37(47-36)21-35(28)46-32;/h10,19-24,26,30,41H,1,11-18H2,2-9H3,(H-,48,49,50,52);/q-3;+2/p-1/b33-19-,37-21-;/t24-,26-,30-,41+;/m0./s1. The van der Waals surface area contributed by atoms with Crippen molar-refractivity contribution in [3.8, 4) is 0 Å². The fourth-order valence-electron chi connectivity index (χ4n) is 8.34. The molecular weight excluding hydrogens is 717 g/mol. The number of nitrogens with zero attached hydrogens (tertiary/aromatic N) is 4. The summed E-state index contributed by atoms with van der Waals surface area (Å²) < 4.78 is 10.9. The molecule has 1 saturated heterocycles. The van der Waals surface area contributed by atoms with E-state index in [0.717, 1.165) is 42.2 Å². The molecule has 2 aliphatic heterocycles. The number of ketones is 1. The van der Waals surface area contributed by atoms with Crippen LogP contribution in [0.15, 0.2) is 18.0 Å². The van der Waals surface area contributed by atoms with Crippen LogP contribution < -0.4 is 25.7 Å². The molecule has 0 N–H and O–H groups in total. The van der Waals surface area contributed by atoms with Crippen molar-refractivity contribution < 1.29 is 28.7 Å². The van der Waals surface area contributed by atoms with Gasteiger partial charge in [0.15, 0.2) is 5.78 Å². The summed E-state index contributed by atoms with van der Waals surface area (Å²) in [6.45, 7) is 18.8. The monoisotopic (exact) mass is 768 g/mol. The van der Waals surface area contributed by atoms with E-state index in [-0.39, 0.29) is 47.3 Å². The minimum atomic E-state index is -1.25. The number of carbonyl (C=O) groups excluding carboxylic acids is 4. The zero-order chi connectivity index (χ0) is 39.7. The number of methoxy groups -OCH3 is 1. The molecule has 8 bridgehead atoms. The number of aldehydes is 1. The predicted octanol–water partition coefficient (Wildman–Crippen LogP) is 6.34. The van der Waals surface area contributed by atoms with Crippen molar-refractivity contribution in [1.82, 2.24) is 15.0 Å². The van der Waals surface area contributed by atoms with Crippen molar-refractivity contribution in [3.05, 3.63) is 90.1 Å². The fourth-order valence-corrected chi connectivity index (χ4v) is 8.34. The number of ether oxygens (including phenoxy) is 2. The first kappa shape index (κ1) is 42.8. The summed E-state index contributed by atoms with van der Waals surface area (Å²) in [5, 5.41) is 6.23. The number of allylic oxidation sites excluding steroid dienone is 2. The molecule has 1 fully saturated rings. The Balaban J connectivity index is 0.00000600. The normalized spacial score (nSPS) is 22.2. The number of esters is 2. The van der Waals surface area contributed by atoms with E-state index in [1.165, 1.54) is 13.5 Å². The summed E-state index contributed by atoms with van der Waals surface area (Å²) in [6.07, 6.45) is 13.4. The maximum atomic E-state index is 14.3. The number of fused-ring (bicyclic) bond motifs is 7. The molecule has 0 aromatic carbocycles. The molecule has 3 aromatic rings.